The van der Waals surface area contributed by atoms with Crippen LogP contribution in [0.2, 0.25) is 0 Å². The Labute approximate surface area is 93.5 Å². The molecule has 2 rings (SSSR count). The largest absolute Gasteiger partial charge is 0.384 e. The van der Waals surface area contributed by atoms with Crippen LogP contribution in [-0.2, 0) is 13.6 Å². The molecule has 2 heterocycles. The average molecular weight is 218 g/mol. The van der Waals surface area contributed by atoms with Crippen LogP contribution in [-0.4, -0.2) is 19.7 Å². The van der Waals surface area contributed by atoms with Gasteiger partial charge in [-0.25, -0.2) is 4.98 Å². The average Bonchev–Trinajstić information content (AvgIpc) is 2.57. The number of aromatic nitrogens is 4. The van der Waals surface area contributed by atoms with E-state index in [1.165, 1.54) is 0 Å². The van der Waals surface area contributed by atoms with Gasteiger partial charge in [0.15, 0.2) is 0 Å². The molecule has 0 unspecified atom stereocenters. The van der Waals surface area contributed by atoms with E-state index < -0.39 is 0 Å². The van der Waals surface area contributed by atoms with E-state index in [1.807, 2.05) is 24.9 Å². The predicted molar refractivity (Wildman–Crippen MR) is 61.7 cm³/mol. The third-order valence-electron chi connectivity index (χ3n) is 2.45. The molecule has 0 aliphatic rings. The van der Waals surface area contributed by atoms with Gasteiger partial charge in [0, 0.05) is 31.0 Å². The van der Waals surface area contributed by atoms with E-state index in [4.69, 9.17) is 5.73 Å². The molecular formula is C10H14N6. The Bertz CT molecular complexity index is 490. The third-order valence-corrected chi connectivity index (χ3v) is 2.45. The smallest absolute Gasteiger partial charge is 0.224 e. The van der Waals surface area contributed by atoms with Crippen LogP contribution in [0, 0.1) is 6.92 Å². The number of anilines is 2. The van der Waals surface area contributed by atoms with E-state index in [0.29, 0.717) is 18.3 Å². The fourth-order valence-electron chi connectivity index (χ4n) is 1.35. The molecule has 0 spiro atoms. The number of nitrogens with zero attached hydrogens (tertiary/aromatic N) is 4. The lowest BCUT2D eigenvalue weighted by Gasteiger charge is -2.04. The molecule has 6 heteroatoms. The highest BCUT2D eigenvalue weighted by atomic mass is 15.3. The zero-order valence-corrected chi connectivity index (χ0v) is 9.31. The van der Waals surface area contributed by atoms with Crippen molar-refractivity contribution in [2.24, 2.45) is 7.05 Å². The molecule has 0 saturated heterocycles. The van der Waals surface area contributed by atoms with E-state index in [1.54, 1.807) is 12.3 Å². The first-order valence-electron chi connectivity index (χ1n) is 4.96. The first-order chi connectivity index (χ1) is 7.66. The van der Waals surface area contributed by atoms with Crippen LogP contribution >= 0.6 is 0 Å². The zero-order chi connectivity index (χ0) is 11.5. The molecule has 0 saturated carbocycles. The van der Waals surface area contributed by atoms with E-state index in [2.05, 4.69) is 20.4 Å². The monoisotopic (exact) mass is 218 g/mol. The van der Waals surface area contributed by atoms with Gasteiger partial charge in [-0.2, -0.15) is 10.1 Å². The number of hydrogen-bond donors (Lipinski definition) is 2. The van der Waals surface area contributed by atoms with Gasteiger partial charge in [-0.1, -0.05) is 0 Å². The minimum Gasteiger partial charge on any atom is -0.384 e. The highest BCUT2D eigenvalue weighted by Gasteiger charge is 2.03. The molecule has 0 aromatic carbocycles. The summed E-state index contributed by atoms with van der Waals surface area (Å²) in [4.78, 5) is 8.11. The fraction of sp³-hybridized carbons (Fsp3) is 0.300. The summed E-state index contributed by atoms with van der Waals surface area (Å²) in [6.45, 7) is 2.66. The molecule has 16 heavy (non-hydrogen) atoms. The minimum atomic E-state index is 0.459. The fourth-order valence-corrected chi connectivity index (χ4v) is 1.35. The first kappa shape index (κ1) is 10.4. The first-order valence-corrected chi connectivity index (χ1v) is 4.96. The Kier molecular flexibility index (Phi) is 2.72. The van der Waals surface area contributed by atoms with Crippen LogP contribution in [0.25, 0.3) is 0 Å². The summed E-state index contributed by atoms with van der Waals surface area (Å²) in [5, 5.41) is 7.26. The van der Waals surface area contributed by atoms with Crippen molar-refractivity contribution in [1.29, 1.82) is 0 Å². The quantitative estimate of drug-likeness (QED) is 0.793. The molecule has 3 N–H and O–H groups in total. The normalized spacial score (nSPS) is 10.4. The lowest BCUT2D eigenvalue weighted by atomic mass is 10.2. The molecule has 0 fully saturated rings. The van der Waals surface area contributed by atoms with Gasteiger partial charge in [-0.15, -0.1) is 0 Å². The Hall–Kier alpha value is -2.11. The Morgan fingerprint density at radius 1 is 1.50 bits per heavy atom. The predicted octanol–water partition coefficient (Wildman–Crippen LogP) is 0.713. The second kappa shape index (κ2) is 4.18. The summed E-state index contributed by atoms with van der Waals surface area (Å²) < 4.78 is 1.83. The maximum absolute atomic E-state index is 5.55. The molecule has 0 aliphatic carbocycles. The van der Waals surface area contributed by atoms with Crippen LogP contribution in [0.15, 0.2) is 18.5 Å². The Balaban J connectivity index is 2.05. The van der Waals surface area contributed by atoms with E-state index in [9.17, 15) is 0 Å². The number of nitrogens with two attached hydrogens (primary N) is 1. The van der Waals surface area contributed by atoms with Crippen molar-refractivity contribution in [2.45, 2.75) is 13.5 Å². The van der Waals surface area contributed by atoms with Gasteiger partial charge >= 0.3 is 0 Å². The van der Waals surface area contributed by atoms with Crippen molar-refractivity contribution in [3.05, 3.63) is 29.7 Å². The van der Waals surface area contributed by atoms with Gasteiger partial charge in [-0.3, -0.25) is 4.68 Å². The van der Waals surface area contributed by atoms with Crippen LogP contribution in [0.1, 0.15) is 11.3 Å². The van der Waals surface area contributed by atoms with Gasteiger partial charge in [0.25, 0.3) is 0 Å². The van der Waals surface area contributed by atoms with E-state index in [0.717, 1.165) is 11.3 Å². The summed E-state index contributed by atoms with van der Waals surface area (Å²) in [5.41, 5.74) is 7.79. The van der Waals surface area contributed by atoms with Crippen LogP contribution < -0.4 is 11.1 Å². The summed E-state index contributed by atoms with van der Waals surface area (Å²) in [6, 6.07) is 1.65. The summed E-state index contributed by atoms with van der Waals surface area (Å²) in [7, 11) is 1.91. The van der Waals surface area contributed by atoms with Gasteiger partial charge in [-0.05, 0) is 13.0 Å². The topological polar surface area (TPSA) is 81.7 Å². The van der Waals surface area contributed by atoms with Crippen LogP contribution in [0.5, 0.6) is 0 Å². The molecule has 0 radical (unpaired) electrons. The molecule has 0 atom stereocenters. The van der Waals surface area contributed by atoms with Crippen molar-refractivity contribution >= 4 is 11.8 Å². The van der Waals surface area contributed by atoms with E-state index in [-0.39, 0.29) is 0 Å². The SMILES string of the molecule is Cc1c(CNc2nccc(N)n2)cnn1C. The van der Waals surface area contributed by atoms with E-state index >= 15 is 0 Å². The minimum absolute atomic E-state index is 0.459. The summed E-state index contributed by atoms with van der Waals surface area (Å²) >= 11 is 0. The molecule has 6 nitrogen and oxygen atoms in total. The van der Waals surface area contributed by atoms with Crippen LogP contribution in [0.4, 0.5) is 11.8 Å². The van der Waals surface area contributed by atoms with Crippen molar-refractivity contribution in [3.63, 3.8) is 0 Å². The van der Waals surface area contributed by atoms with Crippen molar-refractivity contribution in [2.75, 3.05) is 11.1 Å². The van der Waals surface area contributed by atoms with Gasteiger partial charge in [0.05, 0.1) is 6.20 Å². The standard InChI is InChI=1S/C10H14N6/c1-7-8(6-14-16(7)2)5-13-10-12-4-3-9(11)15-10/h3-4,6H,5H2,1-2H3,(H3,11,12,13,15). The Morgan fingerprint density at radius 3 is 2.94 bits per heavy atom. The van der Waals surface area contributed by atoms with Gasteiger partial charge in [0.1, 0.15) is 5.82 Å². The third kappa shape index (κ3) is 2.10. The Morgan fingerprint density at radius 2 is 2.31 bits per heavy atom. The maximum Gasteiger partial charge on any atom is 0.224 e. The molecule has 2 aromatic heterocycles. The number of rotatable bonds is 3. The number of nitrogens with one attached hydrogen (secondary N) is 1. The lowest BCUT2D eigenvalue weighted by Crippen LogP contribution is -2.05. The highest BCUT2D eigenvalue weighted by Crippen LogP contribution is 2.08. The summed E-state index contributed by atoms with van der Waals surface area (Å²) in [5.74, 6) is 0.990. The molecule has 0 aliphatic heterocycles. The van der Waals surface area contributed by atoms with Crippen LogP contribution in [0.3, 0.4) is 0 Å². The highest BCUT2D eigenvalue weighted by molar-refractivity contribution is 5.36. The lowest BCUT2D eigenvalue weighted by molar-refractivity contribution is 0.738. The molecule has 2 aromatic rings. The number of nitrogen functional groups attached to an aromatic ring is 1. The second-order valence-electron chi connectivity index (χ2n) is 3.54. The summed E-state index contributed by atoms with van der Waals surface area (Å²) in [6.07, 6.45) is 3.45. The second-order valence-corrected chi connectivity index (χ2v) is 3.54. The molecular weight excluding hydrogens is 204 g/mol. The van der Waals surface area contributed by atoms with Gasteiger partial charge in [0.2, 0.25) is 5.95 Å². The molecule has 0 bridgehead atoms. The number of aryl methyl sites for hydroxylation is 1. The molecule has 84 valence electrons. The van der Waals surface area contributed by atoms with Crippen molar-refractivity contribution in [1.82, 2.24) is 19.7 Å². The molecule has 0 amide bonds. The number of hydrogen-bond acceptors (Lipinski definition) is 5. The van der Waals surface area contributed by atoms with Gasteiger partial charge < -0.3 is 11.1 Å². The van der Waals surface area contributed by atoms with Crippen molar-refractivity contribution < 1.29 is 0 Å². The zero-order valence-electron chi connectivity index (χ0n) is 9.31. The maximum atomic E-state index is 5.55. The van der Waals surface area contributed by atoms with Crippen molar-refractivity contribution in [3.8, 4) is 0 Å².